The molecule has 0 aliphatic carbocycles. The first-order valence-corrected chi connectivity index (χ1v) is 11.4. The lowest BCUT2D eigenvalue weighted by Gasteiger charge is -2.12. The molecule has 166 valence electrons. The summed E-state index contributed by atoms with van der Waals surface area (Å²) in [4.78, 5) is 12.2. The minimum Gasteiger partial charge on any atom is -0.503 e. The second-order valence-corrected chi connectivity index (χ2v) is 7.54. The maximum absolute atomic E-state index is 12.2. The van der Waals surface area contributed by atoms with Gasteiger partial charge in [-0.05, 0) is 31.4 Å². The number of hydrogen-bond donors (Lipinski definition) is 1. The van der Waals surface area contributed by atoms with E-state index in [4.69, 9.17) is 13.9 Å². The number of fused-ring (bicyclic) bond motifs is 1. The fourth-order valence-electron chi connectivity index (χ4n) is 3.37. The van der Waals surface area contributed by atoms with E-state index in [0.29, 0.717) is 36.4 Å². The Morgan fingerprint density at radius 3 is 2.40 bits per heavy atom. The number of aromatic hydroxyl groups is 1. The van der Waals surface area contributed by atoms with Gasteiger partial charge < -0.3 is 19.0 Å². The Morgan fingerprint density at radius 2 is 1.67 bits per heavy atom. The summed E-state index contributed by atoms with van der Waals surface area (Å²) in [5.41, 5.74) is -0.385. The van der Waals surface area contributed by atoms with Gasteiger partial charge >= 0.3 is 5.63 Å². The van der Waals surface area contributed by atoms with Crippen LogP contribution in [0, 0.1) is 0 Å². The van der Waals surface area contributed by atoms with Crippen molar-refractivity contribution < 1.29 is 19.0 Å². The van der Waals surface area contributed by atoms with Crippen LogP contribution in [0.3, 0.4) is 0 Å². The number of benzene rings is 1. The SMILES string of the molecule is CCC=CCCOc1c(O)c2c(OCCCCCCCCCC)cccc2oc1=O. The molecule has 1 aromatic carbocycles. The Hall–Kier alpha value is -2.43. The van der Waals surface area contributed by atoms with Crippen LogP contribution in [-0.2, 0) is 0 Å². The lowest BCUT2D eigenvalue weighted by atomic mass is 10.1. The van der Waals surface area contributed by atoms with Crippen LogP contribution in [0.2, 0.25) is 0 Å². The average molecular weight is 417 g/mol. The predicted octanol–water partition coefficient (Wildman–Crippen LogP) is 6.75. The topological polar surface area (TPSA) is 68.9 Å². The molecule has 0 amide bonds. The molecule has 1 N–H and O–H groups in total. The molecule has 0 unspecified atom stereocenters. The van der Waals surface area contributed by atoms with E-state index in [1.54, 1.807) is 18.2 Å². The van der Waals surface area contributed by atoms with E-state index in [1.165, 1.54) is 38.5 Å². The molecule has 0 spiro atoms. The van der Waals surface area contributed by atoms with E-state index in [-0.39, 0.29) is 11.5 Å². The maximum Gasteiger partial charge on any atom is 0.383 e. The van der Waals surface area contributed by atoms with Crippen LogP contribution in [-0.4, -0.2) is 18.3 Å². The Bertz CT molecular complexity index is 837. The van der Waals surface area contributed by atoms with Gasteiger partial charge in [0, 0.05) is 0 Å². The average Bonchev–Trinajstić information content (AvgIpc) is 2.74. The molecule has 0 aliphatic rings. The number of ether oxygens (including phenoxy) is 2. The Kier molecular flexibility index (Phi) is 10.9. The number of hydrogen-bond acceptors (Lipinski definition) is 5. The first-order valence-electron chi connectivity index (χ1n) is 11.4. The quantitative estimate of drug-likeness (QED) is 0.197. The highest BCUT2D eigenvalue weighted by Gasteiger charge is 2.18. The summed E-state index contributed by atoms with van der Waals surface area (Å²) >= 11 is 0. The summed E-state index contributed by atoms with van der Waals surface area (Å²) in [5, 5.41) is 11.1. The minimum absolute atomic E-state index is 0.157. The molecule has 30 heavy (non-hydrogen) atoms. The van der Waals surface area contributed by atoms with Gasteiger partial charge in [-0.15, -0.1) is 0 Å². The van der Waals surface area contributed by atoms with Crippen molar-refractivity contribution in [1.82, 2.24) is 0 Å². The van der Waals surface area contributed by atoms with Crippen LogP contribution in [0.15, 0.2) is 39.6 Å². The highest BCUT2D eigenvalue weighted by Crippen LogP contribution is 2.37. The Labute approximate surface area is 179 Å². The zero-order chi connectivity index (χ0) is 21.6. The molecular weight excluding hydrogens is 380 g/mol. The maximum atomic E-state index is 12.2. The number of rotatable bonds is 15. The fourth-order valence-corrected chi connectivity index (χ4v) is 3.37. The van der Waals surface area contributed by atoms with Crippen molar-refractivity contribution in [1.29, 1.82) is 0 Å². The van der Waals surface area contributed by atoms with Crippen LogP contribution < -0.4 is 15.1 Å². The zero-order valence-electron chi connectivity index (χ0n) is 18.5. The summed E-state index contributed by atoms with van der Waals surface area (Å²) in [6.45, 7) is 5.14. The highest BCUT2D eigenvalue weighted by atomic mass is 16.5. The van der Waals surface area contributed by atoms with E-state index in [2.05, 4.69) is 13.8 Å². The molecule has 0 fully saturated rings. The van der Waals surface area contributed by atoms with Gasteiger partial charge in [-0.2, -0.15) is 0 Å². The van der Waals surface area contributed by atoms with Crippen molar-refractivity contribution in [2.24, 2.45) is 0 Å². The van der Waals surface area contributed by atoms with Crippen LogP contribution in [0.4, 0.5) is 0 Å². The number of unbranched alkanes of at least 4 members (excludes halogenated alkanes) is 7. The summed E-state index contributed by atoms with van der Waals surface area (Å²) in [5.74, 6) is 0.134. The van der Waals surface area contributed by atoms with Crippen molar-refractivity contribution in [3.63, 3.8) is 0 Å². The molecule has 1 aromatic heterocycles. The molecular formula is C25H36O5. The van der Waals surface area contributed by atoms with Crippen LogP contribution >= 0.6 is 0 Å². The monoisotopic (exact) mass is 416 g/mol. The molecule has 5 heteroatoms. The van der Waals surface area contributed by atoms with Crippen LogP contribution in [0.1, 0.15) is 78.1 Å². The molecule has 0 saturated carbocycles. The normalized spacial score (nSPS) is 11.4. The fraction of sp³-hybridized carbons (Fsp3) is 0.560. The van der Waals surface area contributed by atoms with Gasteiger partial charge in [0.25, 0.3) is 0 Å². The predicted molar refractivity (Wildman–Crippen MR) is 122 cm³/mol. The third-order valence-electron chi connectivity index (χ3n) is 5.02. The van der Waals surface area contributed by atoms with E-state index >= 15 is 0 Å². The summed E-state index contributed by atoms with van der Waals surface area (Å²) in [7, 11) is 0. The first kappa shape index (κ1) is 23.8. The van der Waals surface area contributed by atoms with Crippen molar-refractivity contribution >= 4 is 11.0 Å². The first-order chi connectivity index (χ1) is 14.7. The van der Waals surface area contributed by atoms with Crippen LogP contribution in [0.25, 0.3) is 11.0 Å². The molecule has 0 atom stereocenters. The molecule has 0 bridgehead atoms. The Morgan fingerprint density at radius 1 is 0.933 bits per heavy atom. The van der Waals surface area contributed by atoms with Gasteiger partial charge in [0.05, 0.1) is 13.2 Å². The lowest BCUT2D eigenvalue weighted by Crippen LogP contribution is -2.08. The second-order valence-electron chi connectivity index (χ2n) is 7.54. The van der Waals surface area contributed by atoms with Gasteiger partial charge in [0.2, 0.25) is 5.75 Å². The largest absolute Gasteiger partial charge is 0.503 e. The third-order valence-corrected chi connectivity index (χ3v) is 5.02. The molecule has 0 saturated heterocycles. The minimum atomic E-state index is -0.681. The molecule has 2 aromatic rings. The van der Waals surface area contributed by atoms with Crippen molar-refractivity contribution in [2.45, 2.75) is 78.1 Å². The molecule has 1 heterocycles. The highest BCUT2D eigenvalue weighted by molar-refractivity contribution is 5.91. The smallest absolute Gasteiger partial charge is 0.383 e. The lowest BCUT2D eigenvalue weighted by molar-refractivity contribution is 0.286. The second kappa shape index (κ2) is 13.7. The summed E-state index contributed by atoms with van der Waals surface area (Å²) in [6.07, 6.45) is 15.4. The van der Waals surface area contributed by atoms with E-state index in [9.17, 15) is 9.90 Å². The zero-order valence-corrected chi connectivity index (χ0v) is 18.5. The third kappa shape index (κ3) is 7.43. The van der Waals surface area contributed by atoms with Crippen molar-refractivity contribution in [2.75, 3.05) is 13.2 Å². The van der Waals surface area contributed by atoms with Gasteiger partial charge in [0.15, 0.2) is 5.75 Å². The van der Waals surface area contributed by atoms with Crippen molar-refractivity contribution in [3.05, 3.63) is 40.8 Å². The standard InChI is InChI=1S/C25H36O5/c1-3-5-7-9-10-11-12-14-18-28-20-16-15-17-21-22(20)23(26)24(25(27)30-21)29-19-13-8-6-4-2/h6,8,15-17,26H,3-5,7,9-14,18-19H2,1-2H3. The van der Waals surface area contributed by atoms with Gasteiger partial charge in [-0.25, -0.2) is 4.79 Å². The summed E-state index contributed by atoms with van der Waals surface area (Å²) in [6, 6.07) is 5.18. The van der Waals surface area contributed by atoms with Gasteiger partial charge in [-0.3, -0.25) is 0 Å². The molecule has 5 nitrogen and oxygen atoms in total. The molecule has 0 radical (unpaired) electrons. The van der Waals surface area contributed by atoms with Crippen LogP contribution in [0.5, 0.6) is 17.2 Å². The van der Waals surface area contributed by atoms with Gasteiger partial charge in [0.1, 0.15) is 16.7 Å². The Balaban J connectivity index is 1.95. The van der Waals surface area contributed by atoms with E-state index in [0.717, 1.165) is 19.3 Å². The van der Waals surface area contributed by atoms with E-state index in [1.807, 2.05) is 12.2 Å². The summed E-state index contributed by atoms with van der Waals surface area (Å²) < 4.78 is 16.8. The van der Waals surface area contributed by atoms with Crippen molar-refractivity contribution in [3.8, 4) is 17.2 Å². The molecule has 0 aliphatic heterocycles. The molecule has 2 rings (SSSR count). The van der Waals surface area contributed by atoms with E-state index < -0.39 is 5.63 Å². The number of allylic oxidation sites excluding steroid dienone is 1. The van der Waals surface area contributed by atoms with Gasteiger partial charge in [-0.1, -0.05) is 77.0 Å².